The number of carbonyl (C=O) groups is 1. The quantitative estimate of drug-likeness (QED) is 0.812. The summed E-state index contributed by atoms with van der Waals surface area (Å²) in [6.45, 7) is 5.54. The zero-order valence-corrected chi connectivity index (χ0v) is 10.9. The van der Waals surface area contributed by atoms with Crippen molar-refractivity contribution in [3.63, 3.8) is 0 Å². The van der Waals surface area contributed by atoms with Crippen molar-refractivity contribution in [2.24, 2.45) is 0 Å². The summed E-state index contributed by atoms with van der Waals surface area (Å²) < 4.78 is 12.8. The monoisotopic (exact) mass is 253 g/mol. The summed E-state index contributed by atoms with van der Waals surface area (Å²) in [5.74, 6) is -0.867. The van der Waals surface area contributed by atoms with Gasteiger partial charge in [-0.2, -0.15) is 0 Å². The molecule has 1 atom stereocenters. The smallest absolute Gasteiger partial charge is 0.317 e. The summed E-state index contributed by atoms with van der Waals surface area (Å²) in [4.78, 5) is 12.7. The molecule has 0 aromatic heterocycles. The van der Waals surface area contributed by atoms with Crippen LogP contribution in [0.2, 0.25) is 0 Å². The predicted molar refractivity (Wildman–Crippen MR) is 69.2 cm³/mol. The Morgan fingerprint density at radius 1 is 1.39 bits per heavy atom. The molecule has 0 heterocycles. The van der Waals surface area contributed by atoms with Crippen LogP contribution in [0.1, 0.15) is 31.7 Å². The molecule has 0 saturated carbocycles. The molecule has 18 heavy (non-hydrogen) atoms. The maximum Gasteiger partial charge on any atom is 0.317 e. The van der Waals surface area contributed by atoms with E-state index in [4.69, 9.17) is 5.11 Å². The molecule has 1 aromatic carbocycles. The standard InChI is InChI=1S/C14H20FNO2/c1-3-8-16(10-14(17)18)9-11(2)12-4-6-13(15)7-5-12/h4-7,11H,3,8-10H2,1-2H3,(H,17,18). The highest BCUT2D eigenvalue weighted by Crippen LogP contribution is 2.17. The van der Waals surface area contributed by atoms with E-state index >= 15 is 0 Å². The summed E-state index contributed by atoms with van der Waals surface area (Å²) in [7, 11) is 0. The SMILES string of the molecule is CCCN(CC(=O)O)CC(C)c1ccc(F)cc1. The molecule has 100 valence electrons. The lowest BCUT2D eigenvalue weighted by Crippen LogP contribution is -2.33. The Hall–Kier alpha value is -1.42. The highest BCUT2D eigenvalue weighted by molar-refractivity contribution is 5.69. The number of benzene rings is 1. The normalized spacial score (nSPS) is 12.7. The first-order valence-electron chi connectivity index (χ1n) is 6.22. The molecular formula is C14H20FNO2. The predicted octanol–water partition coefficient (Wildman–Crippen LogP) is 2.73. The maximum absolute atomic E-state index is 12.8. The van der Waals surface area contributed by atoms with E-state index < -0.39 is 5.97 Å². The average Bonchev–Trinajstić information content (AvgIpc) is 2.29. The van der Waals surface area contributed by atoms with Gasteiger partial charge in [-0.3, -0.25) is 9.69 Å². The van der Waals surface area contributed by atoms with E-state index in [9.17, 15) is 9.18 Å². The van der Waals surface area contributed by atoms with Gasteiger partial charge in [0.1, 0.15) is 5.82 Å². The molecule has 1 aromatic rings. The second-order valence-electron chi connectivity index (χ2n) is 4.58. The molecule has 0 amide bonds. The zero-order valence-electron chi connectivity index (χ0n) is 10.9. The first-order valence-corrected chi connectivity index (χ1v) is 6.22. The van der Waals surface area contributed by atoms with E-state index in [0.29, 0.717) is 6.54 Å². The third kappa shape index (κ3) is 4.84. The van der Waals surface area contributed by atoms with Crippen LogP contribution < -0.4 is 0 Å². The van der Waals surface area contributed by atoms with Crippen molar-refractivity contribution in [3.05, 3.63) is 35.6 Å². The van der Waals surface area contributed by atoms with Gasteiger partial charge in [0.2, 0.25) is 0 Å². The van der Waals surface area contributed by atoms with Crippen molar-refractivity contribution < 1.29 is 14.3 Å². The molecule has 0 aliphatic heterocycles. The maximum atomic E-state index is 12.8. The second-order valence-corrected chi connectivity index (χ2v) is 4.58. The van der Waals surface area contributed by atoms with E-state index in [1.165, 1.54) is 12.1 Å². The summed E-state index contributed by atoms with van der Waals surface area (Å²) in [5.41, 5.74) is 1.03. The minimum Gasteiger partial charge on any atom is -0.480 e. The van der Waals surface area contributed by atoms with Gasteiger partial charge in [0.25, 0.3) is 0 Å². The number of nitrogens with zero attached hydrogens (tertiary/aromatic N) is 1. The lowest BCUT2D eigenvalue weighted by atomic mass is 10.0. The van der Waals surface area contributed by atoms with E-state index in [1.807, 2.05) is 18.7 Å². The van der Waals surface area contributed by atoms with E-state index in [1.54, 1.807) is 12.1 Å². The van der Waals surface area contributed by atoms with Crippen molar-refractivity contribution in [2.75, 3.05) is 19.6 Å². The van der Waals surface area contributed by atoms with Gasteiger partial charge in [0.05, 0.1) is 6.54 Å². The fourth-order valence-electron chi connectivity index (χ4n) is 2.03. The number of carboxylic acids is 1. The van der Waals surface area contributed by atoms with E-state index in [2.05, 4.69) is 0 Å². The van der Waals surface area contributed by atoms with Gasteiger partial charge in [0, 0.05) is 6.54 Å². The number of hydrogen-bond acceptors (Lipinski definition) is 2. The Labute approximate surface area is 107 Å². The van der Waals surface area contributed by atoms with Crippen LogP contribution in [0.25, 0.3) is 0 Å². The number of rotatable bonds is 7. The third-order valence-electron chi connectivity index (χ3n) is 2.87. The minimum atomic E-state index is -0.810. The van der Waals surface area contributed by atoms with E-state index in [-0.39, 0.29) is 18.3 Å². The fraction of sp³-hybridized carbons (Fsp3) is 0.500. The summed E-state index contributed by atoms with van der Waals surface area (Å²) >= 11 is 0. The number of carboxylic acid groups (broad SMARTS) is 1. The molecule has 0 spiro atoms. The topological polar surface area (TPSA) is 40.5 Å². The lowest BCUT2D eigenvalue weighted by Gasteiger charge is -2.23. The van der Waals surface area contributed by atoms with Crippen molar-refractivity contribution >= 4 is 5.97 Å². The molecular weight excluding hydrogens is 233 g/mol. The molecule has 0 bridgehead atoms. The Balaban J connectivity index is 2.62. The Bertz CT molecular complexity index is 378. The average molecular weight is 253 g/mol. The van der Waals surface area contributed by atoms with Crippen LogP contribution in [0, 0.1) is 5.82 Å². The van der Waals surface area contributed by atoms with Gasteiger partial charge in [-0.25, -0.2) is 4.39 Å². The van der Waals surface area contributed by atoms with Crippen LogP contribution >= 0.6 is 0 Å². The van der Waals surface area contributed by atoms with Gasteiger partial charge in [-0.05, 0) is 36.6 Å². The Morgan fingerprint density at radius 3 is 2.50 bits per heavy atom. The van der Waals surface area contributed by atoms with Gasteiger partial charge in [-0.15, -0.1) is 0 Å². The summed E-state index contributed by atoms with van der Waals surface area (Å²) in [6, 6.07) is 6.39. The largest absolute Gasteiger partial charge is 0.480 e. The summed E-state index contributed by atoms with van der Waals surface area (Å²) in [6.07, 6.45) is 0.920. The Kier molecular flexibility index (Phi) is 5.78. The molecule has 1 rings (SSSR count). The number of halogens is 1. The van der Waals surface area contributed by atoms with Gasteiger partial charge in [-0.1, -0.05) is 26.0 Å². The molecule has 4 heteroatoms. The lowest BCUT2D eigenvalue weighted by molar-refractivity contribution is -0.138. The molecule has 3 nitrogen and oxygen atoms in total. The highest BCUT2D eigenvalue weighted by atomic mass is 19.1. The third-order valence-corrected chi connectivity index (χ3v) is 2.87. The van der Waals surface area contributed by atoms with Crippen molar-refractivity contribution in [3.8, 4) is 0 Å². The molecule has 0 aliphatic carbocycles. The zero-order chi connectivity index (χ0) is 13.5. The van der Waals surface area contributed by atoms with Crippen molar-refractivity contribution in [2.45, 2.75) is 26.2 Å². The molecule has 0 saturated heterocycles. The van der Waals surface area contributed by atoms with Crippen LogP contribution in [0.5, 0.6) is 0 Å². The second kappa shape index (κ2) is 7.11. The van der Waals surface area contributed by atoms with Crippen molar-refractivity contribution in [1.29, 1.82) is 0 Å². The van der Waals surface area contributed by atoms with Gasteiger partial charge < -0.3 is 5.11 Å². The number of hydrogen-bond donors (Lipinski definition) is 1. The van der Waals surface area contributed by atoms with Gasteiger partial charge >= 0.3 is 5.97 Å². The van der Waals surface area contributed by atoms with Crippen LogP contribution in [-0.4, -0.2) is 35.6 Å². The first-order chi connectivity index (χ1) is 8.52. The summed E-state index contributed by atoms with van der Waals surface area (Å²) in [5, 5.41) is 8.84. The minimum absolute atomic E-state index is 0.0549. The fourth-order valence-corrected chi connectivity index (χ4v) is 2.03. The van der Waals surface area contributed by atoms with E-state index in [0.717, 1.165) is 18.5 Å². The van der Waals surface area contributed by atoms with Gasteiger partial charge in [0.15, 0.2) is 0 Å². The van der Waals surface area contributed by atoms with Crippen LogP contribution in [0.15, 0.2) is 24.3 Å². The highest BCUT2D eigenvalue weighted by Gasteiger charge is 2.14. The molecule has 0 aliphatic rings. The van der Waals surface area contributed by atoms with Crippen LogP contribution in [0.4, 0.5) is 4.39 Å². The first kappa shape index (κ1) is 14.6. The van der Waals surface area contributed by atoms with Crippen LogP contribution in [0.3, 0.4) is 0 Å². The molecule has 0 radical (unpaired) electrons. The molecule has 0 fully saturated rings. The Morgan fingerprint density at radius 2 is 2.00 bits per heavy atom. The number of aliphatic carboxylic acids is 1. The molecule has 1 unspecified atom stereocenters. The van der Waals surface area contributed by atoms with Crippen molar-refractivity contribution in [1.82, 2.24) is 4.90 Å². The molecule has 1 N–H and O–H groups in total. The van der Waals surface area contributed by atoms with Crippen LogP contribution in [-0.2, 0) is 4.79 Å².